The molecule has 1 aliphatic heterocycles. The summed E-state index contributed by atoms with van der Waals surface area (Å²) in [6.07, 6.45) is 1.10. The highest BCUT2D eigenvalue weighted by molar-refractivity contribution is 6.09. The quantitative estimate of drug-likeness (QED) is 0.567. The molecule has 2 aliphatic rings. The lowest BCUT2D eigenvalue weighted by Gasteiger charge is -2.39. The summed E-state index contributed by atoms with van der Waals surface area (Å²) in [6, 6.07) is 6.95. The van der Waals surface area contributed by atoms with Gasteiger partial charge in [-0.2, -0.15) is 0 Å². The first kappa shape index (κ1) is 21.0. The van der Waals surface area contributed by atoms with Gasteiger partial charge < -0.3 is 9.47 Å². The number of rotatable bonds is 4. The Kier molecular flexibility index (Phi) is 5.73. The molecule has 2 atom stereocenters. The van der Waals surface area contributed by atoms with E-state index in [-0.39, 0.29) is 23.8 Å². The van der Waals surface area contributed by atoms with Crippen LogP contribution >= 0.6 is 0 Å². The minimum atomic E-state index is -0.654. The van der Waals surface area contributed by atoms with Gasteiger partial charge in [0.1, 0.15) is 11.7 Å². The number of esters is 2. The van der Waals surface area contributed by atoms with Gasteiger partial charge in [0.05, 0.1) is 6.61 Å². The molecule has 0 aromatic heterocycles. The smallest absolute Gasteiger partial charge is 0.315 e. The fourth-order valence-electron chi connectivity index (χ4n) is 4.25. The van der Waals surface area contributed by atoms with Crippen molar-refractivity contribution >= 4 is 23.4 Å². The third-order valence-electron chi connectivity index (χ3n) is 5.34. The summed E-state index contributed by atoms with van der Waals surface area (Å²) in [4.78, 5) is 41.8. The van der Waals surface area contributed by atoms with Crippen LogP contribution in [0, 0.1) is 11.3 Å². The van der Waals surface area contributed by atoms with Crippen LogP contribution in [0.1, 0.15) is 58.9 Å². The molecular weight excluding hydrogens is 370 g/mol. The van der Waals surface area contributed by atoms with Crippen LogP contribution in [0.2, 0.25) is 0 Å². The molecule has 29 heavy (non-hydrogen) atoms. The van der Waals surface area contributed by atoms with E-state index >= 15 is 0 Å². The van der Waals surface area contributed by atoms with Gasteiger partial charge in [-0.15, -0.1) is 0 Å². The van der Waals surface area contributed by atoms with E-state index in [2.05, 4.69) is 18.8 Å². The highest BCUT2D eigenvalue weighted by atomic mass is 16.5. The number of ketones is 1. The second kappa shape index (κ2) is 7.93. The van der Waals surface area contributed by atoms with Crippen LogP contribution in [-0.2, 0) is 19.1 Å². The maximum Gasteiger partial charge on any atom is 0.315 e. The molecule has 1 aromatic rings. The standard InChI is InChI=1S/C23H27NO5/c1-6-28-22(27)19-13(2)24-17-11-23(4,5)12-18(26)21(17)20(19)15-7-9-16(10-8-15)29-14(3)25/h7-10,19-20H,6,11-12H2,1-5H3/t19?,20-/m1/s1. The number of aliphatic imine (C=N–C) groups is 1. The third kappa shape index (κ3) is 4.31. The van der Waals surface area contributed by atoms with Gasteiger partial charge in [0.15, 0.2) is 5.78 Å². The largest absolute Gasteiger partial charge is 0.465 e. The molecule has 3 rings (SSSR count). The van der Waals surface area contributed by atoms with Gasteiger partial charge in [-0.25, -0.2) is 0 Å². The van der Waals surface area contributed by atoms with Crippen molar-refractivity contribution in [1.29, 1.82) is 0 Å². The van der Waals surface area contributed by atoms with E-state index in [1.165, 1.54) is 6.92 Å². The van der Waals surface area contributed by atoms with E-state index in [0.29, 0.717) is 29.9 Å². The van der Waals surface area contributed by atoms with E-state index in [1.54, 1.807) is 31.2 Å². The highest BCUT2D eigenvalue weighted by Gasteiger charge is 2.45. The second-order valence-electron chi connectivity index (χ2n) is 8.42. The maximum absolute atomic E-state index is 13.1. The predicted octanol–water partition coefficient (Wildman–Crippen LogP) is 3.99. The first-order valence-corrected chi connectivity index (χ1v) is 9.89. The lowest BCUT2D eigenvalue weighted by Crippen LogP contribution is -2.39. The van der Waals surface area contributed by atoms with Gasteiger partial charge >= 0.3 is 11.9 Å². The van der Waals surface area contributed by atoms with Gasteiger partial charge in [0, 0.05) is 36.2 Å². The van der Waals surface area contributed by atoms with Gasteiger partial charge in [-0.1, -0.05) is 26.0 Å². The molecule has 6 heteroatoms. The molecule has 1 unspecified atom stereocenters. The Morgan fingerprint density at radius 1 is 1.17 bits per heavy atom. The monoisotopic (exact) mass is 397 g/mol. The van der Waals surface area contributed by atoms with Gasteiger partial charge in [-0.3, -0.25) is 19.4 Å². The number of benzene rings is 1. The first-order valence-electron chi connectivity index (χ1n) is 9.89. The topological polar surface area (TPSA) is 82.0 Å². The average Bonchev–Trinajstić information content (AvgIpc) is 2.59. The average molecular weight is 397 g/mol. The Morgan fingerprint density at radius 3 is 2.41 bits per heavy atom. The van der Waals surface area contributed by atoms with Crippen molar-refractivity contribution in [2.45, 2.75) is 53.4 Å². The van der Waals surface area contributed by atoms with Crippen molar-refractivity contribution in [2.24, 2.45) is 16.3 Å². The molecule has 0 radical (unpaired) electrons. The first-order chi connectivity index (χ1) is 13.6. The summed E-state index contributed by atoms with van der Waals surface area (Å²) in [7, 11) is 0. The lowest BCUT2D eigenvalue weighted by atomic mass is 9.67. The molecule has 0 bridgehead atoms. The fraction of sp³-hybridized carbons (Fsp3) is 0.478. The maximum atomic E-state index is 13.1. The number of nitrogens with zero attached hydrogens (tertiary/aromatic N) is 1. The number of ether oxygens (including phenoxy) is 2. The molecule has 0 N–H and O–H groups in total. The number of carbonyl (C=O) groups excluding carboxylic acids is 3. The summed E-state index contributed by atoms with van der Waals surface area (Å²) in [5.41, 5.74) is 2.65. The Labute approximate surface area is 171 Å². The van der Waals surface area contributed by atoms with Gasteiger partial charge in [-0.05, 0) is 43.4 Å². The van der Waals surface area contributed by atoms with E-state index < -0.39 is 17.8 Å². The molecule has 0 spiro atoms. The molecule has 0 amide bonds. The van der Waals surface area contributed by atoms with Gasteiger partial charge in [0.25, 0.3) is 0 Å². The van der Waals surface area contributed by atoms with Crippen LogP contribution in [-0.4, -0.2) is 30.0 Å². The molecule has 154 valence electrons. The fourth-order valence-corrected chi connectivity index (χ4v) is 4.25. The lowest BCUT2D eigenvalue weighted by molar-refractivity contribution is -0.146. The normalized spacial score (nSPS) is 23.2. The number of carbonyl (C=O) groups is 3. The highest BCUT2D eigenvalue weighted by Crippen LogP contribution is 2.48. The minimum Gasteiger partial charge on any atom is -0.465 e. The molecule has 0 saturated heterocycles. The van der Waals surface area contributed by atoms with Crippen LogP contribution in [0.3, 0.4) is 0 Å². The van der Waals surface area contributed by atoms with Crippen LogP contribution in [0.25, 0.3) is 0 Å². The van der Waals surface area contributed by atoms with E-state index in [4.69, 9.17) is 9.47 Å². The Bertz CT molecular complexity index is 908. The SMILES string of the molecule is CCOC(=O)C1C(C)=NC2=C(C(=O)CC(C)(C)C2)[C@@H]1c1ccc(OC(C)=O)cc1. The van der Waals surface area contributed by atoms with Crippen molar-refractivity contribution in [3.63, 3.8) is 0 Å². The number of hydrogen-bond acceptors (Lipinski definition) is 6. The van der Waals surface area contributed by atoms with Crippen molar-refractivity contribution in [3.05, 3.63) is 41.1 Å². The summed E-state index contributed by atoms with van der Waals surface area (Å²) in [5, 5.41) is 0. The van der Waals surface area contributed by atoms with E-state index in [0.717, 1.165) is 11.3 Å². The number of Topliss-reactive ketones (excluding diaryl/α,β-unsaturated/α-hetero) is 1. The van der Waals surface area contributed by atoms with E-state index in [9.17, 15) is 14.4 Å². The Balaban J connectivity index is 2.10. The predicted molar refractivity (Wildman–Crippen MR) is 109 cm³/mol. The van der Waals surface area contributed by atoms with Crippen LogP contribution in [0.5, 0.6) is 5.75 Å². The van der Waals surface area contributed by atoms with E-state index in [1.807, 2.05) is 6.92 Å². The summed E-state index contributed by atoms with van der Waals surface area (Å²) < 4.78 is 10.4. The zero-order valence-electron chi connectivity index (χ0n) is 17.6. The van der Waals surface area contributed by atoms with Crippen molar-refractivity contribution < 1.29 is 23.9 Å². The van der Waals surface area contributed by atoms with Crippen LogP contribution in [0.4, 0.5) is 0 Å². The third-order valence-corrected chi connectivity index (χ3v) is 5.34. The molecule has 6 nitrogen and oxygen atoms in total. The minimum absolute atomic E-state index is 0.0239. The van der Waals surface area contributed by atoms with Crippen molar-refractivity contribution in [3.8, 4) is 5.75 Å². The zero-order valence-corrected chi connectivity index (χ0v) is 17.6. The summed E-state index contributed by atoms with van der Waals surface area (Å²) in [5.74, 6) is -1.46. The summed E-state index contributed by atoms with van der Waals surface area (Å²) in [6.45, 7) is 9.28. The molecule has 1 aromatic carbocycles. The van der Waals surface area contributed by atoms with Crippen LogP contribution in [0.15, 0.2) is 40.5 Å². The molecule has 1 aliphatic carbocycles. The van der Waals surface area contributed by atoms with Crippen molar-refractivity contribution in [1.82, 2.24) is 0 Å². The molecule has 0 saturated carbocycles. The van der Waals surface area contributed by atoms with Crippen LogP contribution < -0.4 is 4.74 Å². The number of allylic oxidation sites excluding steroid dienone is 2. The molecular formula is C23H27NO5. The Hall–Kier alpha value is -2.76. The molecule has 1 heterocycles. The summed E-state index contributed by atoms with van der Waals surface area (Å²) >= 11 is 0. The second-order valence-corrected chi connectivity index (χ2v) is 8.42. The molecule has 0 fully saturated rings. The number of hydrogen-bond donors (Lipinski definition) is 0. The van der Waals surface area contributed by atoms with Gasteiger partial charge in [0.2, 0.25) is 0 Å². The Morgan fingerprint density at radius 2 is 1.83 bits per heavy atom. The zero-order chi connectivity index (χ0) is 21.3. The van der Waals surface area contributed by atoms with Crippen molar-refractivity contribution in [2.75, 3.05) is 6.61 Å².